The van der Waals surface area contributed by atoms with Gasteiger partial charge >= 0.3 is 5.97 Å². The van der Waals surface area contributed by atoms with Crippen LogP contribution < -0.4 is 10.5 Å². The number of sulfonamides is 1. The number of aliphatic carboxylic acids is 1. The maximum atomic E-state index is 12.6. The van der Waals surface area contributed by atoms with Crippen molar-refractivity contribution in [3.8, 4) is 0 Å². The number of carboxylic acid groups (broad SMARTS) is 1. The van der Waals surface area contributed by atoms with Crippen LogP contribution >= 0.6 is 22.6 Å². The van der Waals surface area contributed by atoms with E-state index in [1.165, 1.54) is 18.2 Å². The zero-order chi connectivity index (χ0) is 17.6. The van der Waals surface area contributed by atoms with Crippen LogP contribution in [0.5, 0.6) is 0 Å². The Balaban J connectivity index is 1.83. The molecule has 2 aliphatic rings. The van der Waals surface area contributed by atoms with Gasteiger partial charge in [-0.3, -0.25) is 9.59 Å². The van der Waals surface area contributed by atoms with Gasteiger partial charge in [0.2, 0.25) is 15.9 Å². The maximum absolute atomic E-state index is 12.6. The molecule has 3 rings (SSSR count). The second kappa shape index (κ2) is 6.12. The molecule has 0 aliphatic heterocycles. The SMILES string of the molecule is NS(=O)(=O)c1ccc(NC(=O)[C@@H]2C3C=CC(C3)[C@@H]2C(=O)O)c(I)c1. The summed E-state index contributed by atoms with van der Waals surface area (Å²) in [7, 11) is -3.82. The number of primary sulfonamides is 1. The summed E-state index contributed by atoms with van der Waals surface area (Å²) in [6, 6.07) is 4.13. The Morgan fingerprint density at radius 2 is 1.83 bits per heavy atom. The Kier molecular flexibility index (Phi) is 4.43. The van der Waals surface area contributed by atoms with Crippen LogP contribution in [0.1, 0.15) is 6.42 Å². The maximum Gasteiger partial charge on any atom is 0.307 e. The average Bonchev–Trinajstić information content (AvgIpc) is 3.08. The summed E-state index contributed by atoms with van der Waals surface area (Å²) in [6.45, 7) is 0. The molecular formula is C15H15IN2O5S. The van der Waals surface area contributed by atoms with E-state index >= 15 is 0 Å². The van der Waals surface area contributed by atoms with E-state index in [4.69, 9.17) is 5.14 Å². The molecule has 2 aliphatic carbocycles. The second-order valence-electron chi connectivity index (χ2n) is 6.01. The number of fused-ring (bicyclic) bond motifs is 2. The molecule has 7 nitrogen and oxygen atoms in total. The minimum atomic E-state index is -3.82. The summed E-state index contributed by atoms with van der Waals surface area (Å²) in [6.07, 6.45) is 4.46. The van der Waals surface area contributed by atoms with E-state index in [0.717, 1.165) is 0 Å². The quantitative estimate of drug-likeness (QED) is 0.461. The van der Waals surface area contributed by atoms with Gasteiger partial charge < -0.3 is 10.4 Å². The largest absolute Gasteiger partial charge is 0.481 e. The number of hydrogen-bond donors (Lipinski definition) is 3. The number of carbonyl (C=O) groups excluding carboxylic acids is 1. The lowest BCUT2D eigenvalue weighted by molar-refractivity contribution is -0.146. The van der Waals surface area contributed by atoms with Crippen LogP contribution in [-0.2, 0) is 19.6 Å². The zero-order valence-corrected chi connectivity index (χ0v) is 15.3. The summed E-state index contributed by atoms with van der Waals surface area (Å²) in [5.74, 6) is -2.84. The molecule has 1 fully saturated rings. The zero-order valence-electron chi connectivity index (χ0n) is 12.3. The fourth-order valence-electron chi connectivity index (χ4n) is 3.51. The van der Waals surface area contributed by atoms with E-state index in [9.17, 15) is 23.1 Å². The highest BCUT2D eigenvalue weighted by molar-refractivity contribution is 14.1. The molecule has 9 heteroatoms. The van der Waals surface area contributed by atoms with Gasteiger partial charge in [0, 0.05) is 3.57 Å². The minimum Gasteiger partial charge on any atom is -0.481 e. The van der Waals surface area contributed by atoms with Gasteiger partial charge in [0.1, 0.15) is 0 Å². The molecule has 4 atom stereocenters. The molecule has 1 amide bonds. The van der Waals surface area contributed by atoms with Crippen LogP contribution in [0.2, 0.25) is 0 Å². The number of halogens is 1. The van der Waals surface area contributed by atoms with Gasteiger partial charge in [-0.05, 0) is 59.0 Å². The van der Waals surface area contributed by atoms with Crippen LogP contribution in [0.4, 0.5) is 5.69 Å². The monoisotopic (exact) mass is 462 g/mol. The van der Waals surface area contributed by atoms with E-state index in [0.29, 0.717) is 15.7 Å². The number of amides is 1. The Labute approximate surface area is 152 Å². The van der Waals surface area contributed by atoms with E-state index in [-0.39, 0.29) is 22.6 Å². The Hall–Kier alpha value is -1.46. The van der Waals surface area contributed by atoms with Crippen molar-refractivity contribution in [2.24, 2.45) is 28.8 Å². The first kappa shape index (κ1) is 17.4. The number of carboxylic acids is 1. The third-order valence-electron chi connectivity index (χ3n) is 4.57. The molecule has 24 heavy (non-hydrogen) atoms. The van der Waals surface area contributed by atoms with Gasteiger partial charge in [-0.25, -0.2) is 13.6 Å². The van der Waals surface area contributed by atoms with Crippen LogP contribution in [0, 0.1) is 27.2 Å². The molecule has 0 heterocycles. The van der Waals surface area contributed by atoms with Crippen molar-refractivity contribution in [2.45, 2.75) is 11.3 Å². The van der Waals surface area contributed by atoms with Crippen LogP contribution in [0.15, 0.2) is 35.2 Å². The topological polar surface area (TPSA) is 127 Å². The van der Waals surface area contributed by atoms with E-state index in [1.54, 1.807) is 0 Å². The predicted octanol–water partition coefficient (Wildman–Crippen LogP) is 1.40. The first-order chi connectivity index (χ1) is 11.2. The summed E-state index contributed by atoms with van der Waals surface area (Å²) < 4.78 is 23.2. The molecule has 0 saturated heterocycles. The number of hydrogen-bond acceptors (Lipinski definition) is 4. The number of anilines is 1. The first-order valence-electron chi connectivity index (χ1n) is 7.23. The lowest BCUT2D eigenvalue weighted by Crippen LogP contribution is -2.36. The van der Waals surface area contributed by atoms with Crippen molar-refractivity contribution in [1.82, 2.24) is 0 Å². The van der Waals surface area contributed by atoms with Crippen LogP contribution in [0.3, 0.4) is 0 Å². The number of nitrogens with two attached hydrogens (primary N) is 1. The first-order valence-corrected chi connectivity index (χ1v) is 9.85. The normalized spacial score (nSPS) is 28.1. The van der Waals surface area contributed by atoms with Crippen molar-refractivity contribution in [3.63, 3.8) is 0 Å². The molecule has 0 radical (unpaired) electrons. The summed E-state index contributed by atoms with van der Waals surface area (Å²) in [4.78, 5) is 24.0. The molecule has 2 bridgehead atoms. The number of nitrogens with one attached hydrogen (secondary N) is 1. The fourth-order valence-corrected chi connectivity index (χ4v) is 4.91. The highest BCUT2D eigenvalue weighted by Gasteiger charge is 2.51. The van der Waals surface area contributed by atoms with Gasteiger partial charge in [0.15, 0.2) is 0 Å². The number of benzene rings is 1. The number of allylic oxidation sites excluding steroid dienone is 2. The molecule has 2 unspecified atom stereocenters. The third-order valence-corrected chi connectivity index (χ3v) is 6.38. The second-order valence-corrected chi connectivity index (χ2v) is 8.74. The minimum absolute atomic E-state index is 0.0452. The van der Waals surface area contributed by atoms with Gasteiger partial charge in [-0.1, -0.05) is 12.2 Å². The molecule has 0 aromatic heterocycles. The molecular weight excluding hydrogens is 447 g/mol. The van der Waals surface area contributed by atoms with Crippen molar-refractivity contribution < 1.29 is 23.1 Å². The Morgan fingerprint density at radius 3 is 2.38 bits per heavy atom. The Bertz CT molecular complexity index is 851. The van der Waals surface area contributed by atoms with Gasteiger partial charge in [-0.2, -0.15) is 0 Å². The van der Waals surface area contributed by atoms with Crippen molar-refractivity contribution in [1.29, 1.82) is 0 Å². The van der Waals surface area contributed by atoms with Gasteiger partial charge in [-0.15, -0.1) is 0 Å². The molecule has 128 valence electrons. The summed E-state index contributed by atoms with van der Waals surface area (Å²) in [5, 5.41) is 17.2. The van der Waals surface area contributed by atoms with Crippen molar-refractivity contribution in [2.75, 3.05) is 5.32 Å². The highest BCUT2D eigenvalue weighted by atomic mass is 127. The van der Waals surface area contributed by atoms with Crippen molar-refractivity contribution >= 4 is 50.2 Å². The molecule has 4 N–H and O–H groups in total. The average molecular weight is 462 g/mol. The van der Waals surface area contributed by atoms with E-state index < -0.39 is 27.8 Å². The van der Waals surface area contributed by atoms with E-state index in [1.807, 2.05) is 34.7 Å². The predicted molar refractivity (Wildman–Crippen MR) is 94.5 cm³/mol. The smallest absolute Gasteiger partial charge is 0.307 e. The number of rotatable bonds is 4. The Morgan fingerprint density at radius 1 is 1.21 bits per heavy atom. The molecule has 1 aromatic carbocycles. The third kappa shape index (κ3) is 3.07. The summed E-state index contributed by atoms with van der Waals surface area (Å²) >= 11 is 1.90. The van der Waals surface area contributed by atoms with Gasteiger partial charge in [0.05, 0.1) is 22.4 Å². The standard InChI is InChI=1S/C15H15IN2O5S/c16-10-6-9(24(17,22)23)3-4-11(10)18-14(19)12-7-1-2-8(5-7)13(12)15(20)21/h1-4,6-8,12-13H,5H2,(H,18,19)(H,20,21)(H2,17,22,23)/t7?,8?,12-,13+/m1/s1. The van der Waals surface area contributed by atoms with Crippen LogP contribution in [0.25, 0.3) is 0 Å². The van der Waals surface area contributed by atoms with Crippen LogP contribution in [-0.4, -0.2) is 25.4 Å². The summed E-state index contributed by atoms with van der Waals surface area (Å²) in [5.41, 5.74) is 0.434. The van der Waals surface area contributed by atoms with E-state index in [2.05, 4.69) is 5.32 Å². The molecule has 1 aromatic rings. The molecule has 0 spiro atoms. The highest BCUT2D eigenvalue weighted by Crippen LogP contribution is 2.48. The fraction of sp³-hybridized carbons (Fsp3) is 0.333. The number of carbonyl (C=O) groups is 2. The molecule has 1 saturated carbocycles. The van der Waals surface area contributed by atoms with Crippen molar-refractivity contribution in [3.05, 3.63) is 33.9 Å². The van der Waals surface area contributed by atoms with Gasteiger partial charge in [0.25, 0.3) is 0 Å². The lowest BCUT2D eigenvalue weighted by Gasteiger charge is -2.24. The lowest BCUT2D eigenvalue weighted by atomic mass is 9.82.